The summed E-state index contributed by atoms with van der Waals surface area (Å²) in [5.41, 5.74) is 2.16. The molecule has 2 aliphatic heterocycles. The molecule has 8 rings (SSSR count). The first-order chi connectivity index (χ1) is 19.3. The van der Waals surface area contributed by atoms with Crippen molar-refractivity contribution >= 4 is 40.8 Å². The van der Waals surface area contributed by atoms with Gasteiger partial charge in [-0.25, -0.2) is 0 Å². The summed E-state index contributed by atoms with van der Waals surface area (Å²) in [6.45, 7) is 3.34. The van der Waals surface area contributed by atoms with Gasteiger partial charge in [-0.05, 0) is 68.7 Å². The summed E-state index contributed by atoms with van der Waals surface area (Å²) in [6.07, 6.45) is 6.33. The van der Waals surface area contributed by atoms with Gasteiger partial charge in [-0.15, -0.1) is 12.4 Å². The fraction of sp³-hybridized carbons (Fsp3) is 0.484. The summed E-state index contributed by atoms with van der Waals surface area (Å²) in [5, 5.41) is 30.3. The number of carbonyl (C=O) groups is 2. The fourth-order valence-electron chi connectivity index (χ4n) is 8.51. The fourth-order valence-corrected chi connectivity index (χ4v) is 8.51. The van der Waals surface area contributed by atoms with Crippen LogP contribution in [0.4, 0.5) is 5.69 Å². The van der Waals surface area contributed by atoms with Crippen molar-refractivity contribution in [3.8, 4) is 11.5 Å². The van der Waals surface area contributed by atoms with Gasteiger partial charge in [0.2, 0.25) is 5.91 Å². The van der Waals surface area contributed by atoms with Gasteiger partial charge in [-0.1, -0.05) is 18.2 Å². The molecule has 10 heteroatoms. The number of hydrogen-bond acceptors (Lipinski definition) is 6. The van der Waals surface area contributed by atoms with Crippen molar-refractivity contribution in [1.29, 1.82) is 0 Å². The summed E-state index contributed by atoms with van der Waals surface area (Å²) in [4.78, 5) is 31.1. The van der Waals surface area contributed by atoms with E-state index in [4.69, 9.17) is 4.74 Å². The Morgan fingerprint density at radius 2 is 2.00 bits per heavy atom. The highest BCUT2D eigenvalue weighted by Crippen LogP contribution is 2.65. The van der Waals surface area contributed by atoms with E-state index in [2.05, 4.69) is 20.5 Å². The number of phenols is 1. The molecule has 3 aliphatic carbocycles. The maximum atomic E-state index is 13.8. The number of hydrogen-bond donors (Lipinski definition) is 5. The molecule has 2 bridgehead atoms. The lowest BCUT2D eigenvalue weighted by Crippen LogP contribution is -2.78. The molecule has 3 fully saturated rings. The molecule has 3 heterocycles. The van der Waals surface area contributed by atoms with Crippen LogP contribution < -0.4 is 15.4 Å². The molecule has 5 N–H and O–H groups in total. The SMILES string of the molecule is CC(=O)Nc1c[nH]c2c(C(=O)N[C@@H]3CC[C@@]4(O)[C@H]5Cc6ccc(O)c7c6[C@@]4(CCN5CC4CC4)[C@H]3O7)cccc12.Cl. The Bertz CT molecular complexity index is 1590. The van der Waals surface area contributed by atoms with Crippen molar-refractivity contribution in [2.24, 2.45) is 5.92 Å². The lowest BCUT2D eigenvalue weighted by Gasteiger charge is -2.64. The predicted molar refractivity (Wildman–Crippen MR) is 156 cm³/mol. The van der Waals surface area contributed by atoms with E-state index in [9.17, 15) is 19.8 Å². The van der Waals surface area contributed by atoms with Gasteiger partial charge in [0.25, 0.3) is 5.91 Å². The number of likely N-dealkylation sites (tertiary alicyclic amines) is 1. The third-order valence-corrected chi connectivity index (χ3v) is 10.3. The van der Waals surface area contributed by atoms with Gasteiger partial charge in [-0.3, -0.25) is 14.5 Å². The summed E-state index contributed by atoms with van der Waals surface area (Å²) in [6, 6.07) is 8.79. The number of para-hydroxylation sites is 1. The summed E-state index contributed by atoms with van der Waals surface area (Å²) in [5.74, 6) is 0.871. The number of fused-ring (bicyclic) bond motifs is 1. The van der Waals surface area contributed by atoms with Crippen molar-refractivity contribution in [3.63, 3.8) is 0 Å². The molecule has 3 aromatic rings. The minimum atomic E-state index is -0.995. The van der Waals surface area contributed by atoms with Crippen LogP contribution in [0.3, 0.4) is 0 Å². The number of aromatic hydroxyl groups is 1. The normalized spacial score (nSPS) is 31.1. The Labute approximate surface area is 244 Å². The van der Waals surface area contributed by atoms with Crippen LogP contribution in [0.2, 0.25) is 0 Å². The number of aromatic amines is 1. The summed E-state index contributed by atoms with van der Waals surface area (Å²) in [7, 11) is 0. The van der Waals surface area contributed by atoms with Crippen LogP contribution in [0.1, 0.15) is 60.5 Å². The van der Waals surface area contributed by atoms with Crippen LogP contribution in [0.15, 0.2) is 36.5 Å². The molecule has 2 aromatic carbocycles. The van der Waals surface area contributed by atoms with Crippen molar-refractivity contribution < 1.29 is 24.5 Å². The van der Waals surface area contributed by atoms with Gasteiger partial charge < -0.3 is 30.6 Å². The minimum Gasteiger partial charge on any atom is -0.504 e. The zero-order chi connectivity index (χ0) is 27.4. The van der Waals surface area contributed by atoms with Crippen molar-refractivity contribution in [1.82, 2.24) is 15.2 Å². The molecule has 5 aliphatic rings. The Morgan fingerprint density at radius 3 is 2.78 bits per heavy atom. The molecular weight excluding hydrogens is 544 g/mol. The van der Waals surface area contributed by atoms with Crippen LogP contribution in [0.5, 0.6) is 11.5 Å². The van der Waals surface area contributed by atoms with Crippen molar-refractivity contribution in [2.45, 2.75) is 74.7 Å². The zero-order valence-corrected chi connectivity index (χ0v) is 23.7. The number of benzene rings is 2. The van der Waals surface area contributed by atoms with Gasteiger partial charge in [0.1, 0.15) is 6.10 Å². The molecule has 1 aromatic heterocycles. The molecule has 216 valence electrons. The standard InChI is InChI=1S/C31H34N4O5.ClH/c1-16(36)33-22-14-32-26-19(22)3-2-4-20(26)29(38)34-21-9-10-31(39)24-13-18-7-8-23(37)27-25(18)30(31,28(21)40-27)11-12-35(24)15-17-5-6-17;/h2-4,7-8,14,17,21,24,28,32,37,39H,5-6,9-13,15H2,1H3,(H,33,36)(H,34,38);1H/t21-,24-,28+,30+,31-;/m1./s1. The monoisotopic (exact) mass is 578 g/mol. The molecule has 41 heavy (non-hydrogen) atoms. The lowest BCUT2D eigenvalue weighted by atomic mass is 9.48. The van der Waals surface area contributed by atoms with E-state index in [1.807, 2.05) is 18.2 Å². The van der Waals surface area contributed by atoms with Crippen LogP contribution in [-0.4, -0.2) is 68.8 Å². The first-order valence-corrected chi connectivity index (χ1v) is 14.5. The highest BCUT2D eigenvalue weighted by molar-refractivity contribution is 6.10. The van der Waals surface area contributed by atoms with Crippen molar-refractivity contribution in [2.75, 3.05) is 18.4 Å². The third-order valence-electron chi connectivity index (χ3n) is 10.3. The van der Waals surface area contributed by atoms with Gasteiger partial charge in [0.05, 0.1) is 33.8 Å². The predicted octanol–water partition coefficient (Wildman–Crippen LogP) is 3.62. The van der Waals surface area contributed by atoms with E-state index in [-0.39, 0.29) is 42.1 Å². The number of ether oxygens (including phenoxy) is 1. The van der Waals surface area contributed by atoms with Gasteiger partial charge in [-0.2, -0.15) is 0 Å². The van der Waals surface area contributed by atoms with Crippen LogP contribution in [0.25, 0.3) is 10.9 Å². The maximum absolute atomic E-state index is 13.8. The topological polar surface area (TPSA) is 127 Å². The number of phenolic OH excluding ortho intramolecular Hbond substituents is 1. The van der Waals surface area contributed by atoms with E-state index < -0.39 is 17.1 Å². The molecule has 5 atom stereocenters. The molecule has 0 unspecified atom stereocenters. The number of nitrogens with zero attached hydrogens (tertiary/aromatic N) is 1. The Balaban J connectivity index is 0.00000276. The van der Waals surface area contributed by atoms with E-state index in [1.165, 1.54) is 19.8 Å². The van der Waals surface area contributed by atoms with E-state index in [1.54, 1.807) is 18.3 Å². The number of carbonyl (C=O) groups excluding carboxylic acids is 2. The van der Waals surface area contributed by atoms with Gasteiger partial charge in [0.15, 0.2) is 11.5 Å². The second kappa shape index (κ2) is 9.11. The first kappa shape index (κ1) is 26.6. The Kier molecular flexibility index (Phi) is 5.92. The van der Waals surface area contributed by atoms with E-state index in [0.717, 1.165) is 48.4 Å². The number of amides is 2. The number of anilines is 1. The number of H-pyrrole nitrogens is 1. The molecule has 2 amide bonds. The zero-order valence-electron chi connectivity index (χ0n) is 22.9. The molecular formula is C31H35ClN4O5. The van der Waals surface area contributed by atoms with Crippen molar-refractivity contribution in [3.05, 3.63) is 53.2 Å². The number of nitrogens with one attached hydrogen (secondary N) is 3. The first-order valence-electron chi connectivity index (χ1n) is 14.5. The smallest absolute Gasteiger partial charge is 0.253 e. The molecule has 0 radical (unpaired) electrons. The molecule has 1 saturated heterocycles. The van der Waals surface area contributed by atoms with Crippen LogP contribution >= 0.6 is 12.4 Å². The van der Waals surface area contributed by atoms with Crippen LogP contribution in [-0.2, 0) is 16.6 Å². The van der Waals surface area contributed by atoms with Crippen LogP contribution in [0, 0.1) is 5.92 Å². The molecule has 1 spiro atoms. The average molecular weight is 579 g/mol. The molecule has 9 nitrogen and oxygen atoms in total. The average Bonchev–Trinajstić information content (AvgIpc) is 3.54. The minimum absolute atomic E-state index is 0. The maximum Gasteiger partial charge on any atom is 0.253 e. The highest BCUT2D eigenvalue weighted by atomic mass is 35.5. The van der Waals surface area contributed by atoms with E-state index >= 15 is 0 Å². The Morgan fingerprint density at radius 1 is 1.17 bits per heavy atom. The second-order valence-corrected chi connectivity index (χ2v) is 12.5. The number of halogens is 1. The number of rotatable bonds is 5. The Hall–Kier alpha value is -3.27. The lowest BCUT2D eigenvalue weighted by molar-refractivity contribution is -0.191. The number of piperidine rings is 1. The number of aliphatic hydroxyl groups is 1. The van der Waals surface area contributed by atoms with Gasteiger partial charge in [0, 0.05) is 36.7 Å². The summed E-state index contributed by atoms with van der Waals surface area (Å²) >= 11 is 0. The third kappa shape index (κ3) is 3.61. The largest absolute Gasteiger partial charge is 0.504 e. The highest BCUT2D eigenvalue weighted by Gasteiger charge is 2.73. The van der Waals surface area contributed by atoms with E-state index in [0.29, 0.717) is 35.4 Å². The van der Waals surface area contributed by atoms with Gasteiger partial charge >= 0.3 is 0 Å². The number of aromatic nitrogens is 1. The quantitative estimate of drug-likeness (QED) is 0.315. The summed E-state index contributed by atoms with van der Waals surface area (Å²) < 4.78 is 6.59. The second-order valence-electron chi connectivity index (χ2n) is 12.5. The molecule has 2 saturated carbocycles.